The fourth-order valence-corrected chi connectivity index (χ4v) is 1.89. The van der Waals surface area contributed by atoms with Crippen LogP contribution < -0.4 is 14.8 Å². The van der Waals surface area contributed by atoms with Crippen LogP contribution in [0.3, 0.4) is 0 Å². The lowest BCUT2D eigenvalue weighted by molar-refractivity contribution is -0.109. The van der Waals surface area contributed by atoms with Crippen LogP contribution in [-0.2, 0) is 4.79 Å². The SMILES string of the molecule is COc1ccc(C(=O)N[C@H](C=O)CC(C)C)cc1OC. The molecule has 0 bridgehead atoms. The largest absolute Gasteiger partial charge is 0.493 e. The molecule has 0 saturated carbocycles. The summed E-state index contributed by atoms with van der Waals surface area (Å²) in [4.78, 5) is 23.1. The molecular weight excluding hydrogens is 258 g/mol. The van der Waals surface area contributed by atoms with E-state index in [0.717, 1.165) is 6.29 Å². The van der Waals surface area contributed by atoms with E-state index in [0.29, 0.717) is 29.4 Å². The van der Waals surface area contributed by atoms with Gasteiger partial charge >= 0.3 is 0 Å². The molecule has 1 N–H and O–H groups in total. The van der Waals surface area contributed by atoms with E-state index < -0.39 is 6.04 Å². The maximum Gasteiger partial charge on any atom is 0.251 e. The van der Waals surface area contributed by atoms with Gasteiger partial charge in [0, 0.05) is 5.56 Å². The molecular formula is C15H21NO4. The lowest BCUT2D eigenvalue weighted by Gasteiger charge is -2.15. The van der Waals surface area contributed by atoms with E-state index in [9.17, 15) is 9.59 Å². The molecule has 5 heteroatoms. The van der Waals surface area contributed by atoms with Gasteiger partial charge in [-0.25, -0.2) is 0 Å². The minimum atomic E-state index is -0.476. The van der Waals surface area contributed by atoms with Gasteiger partial charge < -0.3 is 19.6 Å². The van der Waals surface area contributed by atoms with Gasteiger partial charge in [-0.3, -0.25) is 4.79 Å². The Morgan fingerprint density at radius 1 is 1.25 bits per heavy atom. The first kappa shape index (κ1) is 16.0. The lowest BCUT2D eigenvalue weighted by Crippen LogP contribution is -2.36. The third-order valence-corrected chi connectivity index (χ3v) is 2.85. The van der Waals surface area contributed by atoms with Crippen molar-refractivity contribution in [3.8, 4) is 11.5 Å². The van der Waals surface area contributed by atoms with E-state index in [4.69, 9.17) is 9.47 Å². The quantitative estimate of drug-likeness (QED) is 0.776. The van der Waals surface area contributed by atoms with Crippen molar-refractivity contribution < 1.29 is 19.1 Å². The molecule has 0 heterocycles. The van der Waals surface area contributed by atoms with Crippen molar-refractivity contribution in [3.05, 3.63) is 23.8 Å². The molecule has 0 saturated heterocycles. The zero-order chi connectivity index (χ0) is 15.1. The number of ether oxygens (including phenoxy) is 2. The van der Waals surface area contributed by atoms with Gasteiger partial charge in [-0.1, -0.05) is 13.8 Å². The molecule has 0 fully saturated rings. The molecule has 0 aromatic heterocycles. The summed E-state index contributed by atoms with van der Waals surface area (Å²) in [5, 5.41) is 2.70. The van der Waals surface area contributed by atoms with Gasteiger partial charge in [-0.2, -0.15) is 0 Å². The zero-order valence-electron chi connectivity index (χ0n) is 12.3. The molecule has 0 aliphatic rings. The summed E-state index contributed by atoms with van der Waals surface area (Å²) in [6, 6.07) is 4.40. The maximum absolute atomic E-state index is 12.1. The molecule has 1 aromatic rings. The first-order valence-electron chi connectivity index (χ1n) is 6.50. The molecule has 1 aromatic carbocycles. The summed E-state index contributed by atoms with van der Waals surface area (Å²) in [5.74, 6) is 1.06. The van der Waals surface area contributed by atoms with E-state index in [-0.39, 0.29) is 5.91 Å². The van der Waals surface area contributed by atoms with Crippen LogP contribution in [0.4, 0.5) is 0 Å². The Morgan fingerprint density at radius 3 is 2.40 bits per heavy atom. The van der Waals surface area contributed by atoms with Crippen molar-refractivity contribution in [1.82, 2.24) is 5.32 Å². The highest BCUT2D eigenvalue weighted by molar-refractivity contribution is 5.96. The summed E-state index contributed by atoms with van der Waals surface area (Å²) in [5.41, 5.74) is 0.429. The van der Waals surface area contributed by atoms with Gasteiger partial charge in [-0.05, 0) is 30.5 Å². The molecule has 1 atom stereocenters. The van der Waals surface area contributed by atoms with Gasteiger partial charge in [0.15, 0.2) is 11.5 Å². The Bertz CT molecular complexity index is 471. The second kappa shape index (κ2) is 7.53. The summed E-state index contributed by atoms with van der Waals surface area (Å²) in [6.07, 6.45) is 1.38. The van der Waals surface area contributed by atoms with Crippen molar-refractivity contribution in [2.45, 2.75) is 26.3 Å². The molecule has 0 radical (unpaired) electrons. The highest BCUT2D eigenvalue weighted by Crippen LogP contribution is 2.27. The van der Waals surface area contributed by atoms with E-state index >= 15 is 0 Å². The van der Waals surface area contributed by atoms with E-state index in [1.807, 2.05) is 13.8 Å². The van der Waals surface area contributed by atoms with Crippen molar-refractivity contribution in [1.29, 1.82) is 0 Å². The number of hydrogen-bond acceptors (Lipinski definition) is 4. The van der Waals surface area contributed by atoms with Gasteiger partial charge in [0.25, 0.3) is 5.91 Å². The van der Waals surface area contributed by atoms with E-state index in [2.05, 4.69) is 5.32 Å². The molecule has 5 nitrogen and oxygen atoms in total. The van der Waals surface area contributed by atoms with Gasteiger partial charge in [0.05, 0.1) is 20.3 Å². The van der Waals surface area contributed by atoms with Crippen LogP contribution in [-0.4, -0.2) is 32.5 Å². The van der Waals surface area contributed by atoms with Gasteiger partial charge in [0.1, 0.15) is 6.29 Å². The normalized spacial score (nSPS) is 11.8. The van der Waals surface area contributed by atoms with E-state index in [1.165, 1.54) is 14.2 Å². The number of aldehydes is 1. The highest BCUT2D eigenvalue weighted by atomic mass is 16.5. The Labute approximate surface area is 119 Å². The number of methoxy groups -OCH3 is 2. The standard InChI is InChI=1S/C15H21NO4/c1-10(2)7-12(9-17)16-15(18)11-5-6-13(19-3)14(8-11)20-4/h5-6,8-10,12H,7H2,1-4H3,(H,16,18)/t12-/m0/s1. The van der Waals surface area contributed by atoms with Crippen molar-refractivity contribution in [3.63, 3.8) is 0 Å². The van der Waals surface area contributed by atoms with Crippen LogP contribution in [0, 0.1) is 5.92 Å². The minimum absolute atomic E-state index is 0.302. The molecule has 1 amide bonds. The zero-order valence-corrected chi connectivity index (χ0v) is 12.3. The fourth-order valence-electron chi connectivity index (χ4n) is 1.89. The average molecular weight is 279 g/mol. The van der Waals surface area contributed by atoms with Crippen LogP contribution in [0.25, 0.3) is 0 Å². The number of amides is 1. The summed E-state index contributed by atoms with van der Waals surface area (Å²) in [6.45, 7) is 4.00. The first-order chi connectivity index (χ1) is 9.51. The van der Waals surface area contributed by atoms with Crippen molar-refractivity contribution >= 4 is 12.2 Å². The third-order valence-electron chi connectivity index (χ3n) is 2.85. The molecule has 110 valence electrons. The number of carbonyl (C=O) groups excluding carboxylic acids is 2. The highest BCUT2D eigenvalue weighted by Gasteiger charge is 2.16. The molecule has 0 spiro atoms. The monoisotopic (exact) mass is 279 g/mol. The second-order valence-electron chi connectivity index (χ2n) is 4.92. The van der Waals surface area contributed by atoms with Crippen molar-refractivity contribution in [2.24, 2.45) is 5.92 Å². The third kappa shape index (κ3) is 4.26. The number of rotatable bonds is 7. The van der Waals surface area contributed by atoms with Crippen LogP contribution in [0.2, 0.25) is 0 Å². The maximum atomic E-state index is 12.1. The topological polar surface area (TPSA) is 64.6 Å². The number of nitrogens with one attached hydrogen (secondary N) is 1. The lowest BCUT2D eigenvalue weighted by atomic mass is 10.0. The first-order valence-corrected chi connectivity index (χ1v) is 6.50. The Kier molecular flexibility index (Phi) is 6.03. The van der Waals surface area contributed by atoms with Crippen LogP contribution in [0.5, 0.6) is 11.5 Å². The Hall–Kier alpha value is -2.04. The van der Waals surface area contributed by atoms with Crippen LogP contribution in [0.15, 0.2) is 18.2 Å². The predicted molar refractivity (Wildman–Crippen MR) is 76.3 cm³/mol. The predicted octanol–water partition coefficient (Wildman–Crippen LogP) is 2.05. The van der Waals surface area contributed by atoms with Crippen LogP contribution >= 0.6 is 0 Å². The van der Waals surface area contributed by atoms with Gasteiger partial charge in [-0.15, -0.1) is 0 Å². The van der Waals surface area contributed by atoms with Crippen LogP contribution in [0.1, 0.15) is 30.6 Å². The summed E-state index contributed by atoms with van der Waals surface area (Å²) in [7, 11) is 3.04. The second-order valence-corrected chi connectivity index (χ2v) is 4.92. The van der Waals surface area contributed by atoms with E-state index in [1.54, 1.807) is 18.2 Å². The summed E-state index contributed by atoms with van der Waals surface area (Å²) < 4.78 is 10.3. The van der Waals surface area contributed by atoms with Crippen molar-refractivity contribution in [2.75, 3.05) is 14.2 Å². The molecule has 1 rings (SSSR count). The Balaban J connectivity index is 2.83. The number of carbonyl (C=O) groups is 2. The minimum Gasteiger partial charge on any atom is -0.493 e. The molecule has 20 heavy (non-hydrogen) atoms. The fraction of sp³-hybridized carbons (Fsp3) is 0.467. The average Bonchev–Trinajstić information content (AvgIpc) is 2.45. The molecule has 0 aliphatic carbocycles. The number of hydrogen-bond donors (Lipinski definition) is 1. The van der Waals surface area contributed by atoms with Gasteiger partial charge in [0.2, 0.25) is 0 Å². The summed E-state index contributed by atoms with van der Waals surface area (Å²) >= 11 is 0. The molecule has 0 aliphatic heterocycles. The Morgan fingerprint density at radius 2 is 1.90 bits per heavy atom. The molecule has 0 unspecified atom stereocenters. The smallest absolute Gasteiger partial charge is 0.251 e. The number of benzene rings is 1.